The first-order chi connectivity index (χ1) is 16.8. The van der Waals surface area contributed by atoms with Crippen LogP contribution in [-0.2, 0) is 19.1 Å². The molecule has 0 aromatic heterocycles. The Bertz CT molecular complexity index is 824. The Kier molecular flexibility index (Phi) is 7.93. The smallest absolute Gasteiger partial charge is 0.303 e. The van der Waals surface area contributed by atoms with Crippen LogP contribution in [0.5, 0.6) is 0 Å². The lowest BCUT2D eigenvalue weighted by molar-refractivity contribution is -0.271. The Balaban J connectivity index is 1.59. The largest absolute Gasteiger partial charge is 0.462 e. The van der Waals surface area contributed by atoms with Crippen molar-refractivity contribution >= 4 is 11.9 Å². The Hall–Kier alpha value is -1.10. The molecule has 10 atom stereocenters. The molecular formula is C31H52O5. The number of hydrogen-bond acceptors (Lipinski definition) is 5. The van der Waals surface area contributed by atoms with Gasteiger partial charge in [0.1, 0.15) is 17.8 Å². The van der Waals surface area contributed by atoms with E-state index in [-0.39, 0.29) is 23.5 Å². The maximum atomic E-state index is 12.3. The maximum absolute atomic E-state index is 12.3. The number of esters is 2. The third-order valence-corrected chi connectivity index (χ3v) is 11.6. The summed E-state index contributed by atoms with van der Waals surface area (Å²) in [6.45, 7) is 14.8. The second-order valence-electron chi connectivity index (χ2n) is 14.1. The van der Waals surface area contributed by atoms with Crippen LogP contribution >= 0.6 is 0 Å². The van der Waals surface area contributed by atoms with Gasteiger partial charge < -0.3 is 14.6 Å². The Labute approximate surface area is 219 Å². The van der Waals surface area contributed by atoms with E-state index >= 15 is 0 Å². The fourth-order valence-corrected chi connectivity index (χ4v) is 9.92. The van der Waals surface area contributed by atoms with E-state index in [0.717, 1.165) is 43.4 Å². The summed E-state index contributed by atoms with van der Waals surface area (Å²) in [7, 11) is 0. The van der Waals surface area contributed by atoms with E-state index in [0.29, 0.717) is 29.6 Å². The summed E-state index contributed by atoms with van der Waals surface area (Å²) in [5, 5.41) is 12.3. The van der Waals surface area contributed by atoms with Crippen molar-refractivity contribution in [1.29, 1.82) is 0 Å². The lowest BCUT2D eigenvalue weighted by Crippen LogP contribution is -2.69. The highest BCUT2D eigenvalue weighted by Gasteiger charge is 2.68. The standard InChI is InChI=1S/C31H52O5/c1-19(2)9-8-10-20(3)25-11-12-26-24-17-28(36-22(5)33)31(34)18-23(35-21(4)32)13-16-30(31,7)27(24)14-15-29(25,26)6/h19-20,23-28,34H,8-18H2,1-7H3/t20-,23+,24-,25+,26-,27-,28+,29+,30+,31-/m0/s1. The van der Waals surface area contributed by atoms with Crippen LogP contribution in [-0.4, -0.2) is 34.9 Å². The van der Waals surface area contributed by atoms with E-state index in [2.05, 4.69) is 34.6 Å². The highest BCUT2D eigenvalue weighted by atomic mass is 16.6. The highest BCUT2D eigenvalue weighted by molar-refractivity contribution is 5.66. The zero-order valence-electron chi connectivity index (χ0n) is 24.0. The minimum Gasteiger partial charge on any atom is -0.462 e. The first-order valence-corrected chi connectivity index (χ1v) is 14.9. The summed E-state index contributed by atoms with van der Waals surface area (Å²) >= 11 is 0. The molecule has 36 heavy (non-hydrogen) atoms. The van der Waals surface area contributed by atoms with Gasteiger partial charge in [0.25, 0.3) is 0 Å². The van der Waals surface area contributed by atoms with Crippen LogP contribution in [0.2, 0.25) is 0 Å². The van der Waals surface area contributed by atoms with Crippen molar-refractivity contribution in [3.05, 3.63) is 0 Å². The molecule has 0 amide bonds. The molecule has 0 saturated heterocycles. The summed E-state index contributed by atoms with van der Waals surface area (Å²) in [4.78, 5) is 23.9. The molecule has 0 bridgehead atoms. The van der Waals surface area contributed by atoms with Gasteiger partial charge >= 0.3 is 11.9 Å². The van der Waals surface area contributed by atoms with Gasteiger partial charge in [-0.3, -0.25) is 9.59 Å². The molecule has 0 heterocycles. The maximum Gasteiger partial charge on any atom is 0.303 e. The Morgan fingerprint density at radius 3 is 2.25 bits per heavy atom. The zero-order chi connectivity index (χ0) is 26.5. The van der Waals surface area contributed by atoms with Gasteiger partial charge in [-0.25, -0.2) is 0 Å². The fourth-order valence-electron chi connectivity index (χ4n) is 9.92. The van der Waals surface area contributed by atoms with E-state index in [4.69, 9.17) is 9.47 Å². The molecule has 0 radical (unpaired) electrons. The molecule has 0 aromatic rings. The van der Waals surface area contributed by atoms with Gasteiger partial charge in [0.2, 0.25) is 0 Å². The van der Waals surface area contributed by atoms with Crippen LogP contribution in [0.4, 0.5) is 0 Å². The minimum atomic E-state index is -1.16. The molecule has 0 aromatic carbocycles. The number of carbonyl (C=O) groups excluding carboxylic acids is 2. The molecule has 4 fully saturated rings. The van der Waals surface area contributed by atoms with Crippen molar-refractivity contribution in [3.63, 3.8) is 0 Å². The van der Waals surface area contributed by atoms with Crippen LogP contribution in [0.3, 0.4) is 0 Å². The van der Waals surface area contributed by atoms with Crippen molar-refractivity contribution in [1.82, 2.24) is 0 Å². The van der Waals surface area contributed by atoms with E-state index in [1.807, 2.05) is 0 Å². The third-order valence-electron chi connectivity index (χ3n) is 11.6. The number of aliphatic hydroxyl groups is 1. The Morgan fingerprint density at radius 2 is 1.61 bits per heavy atom. The first-order valence-electron chi connectivity index (χ1n) is 14.9. The highest BCUT2D eigenvalue weighted by Crippen LogP contribution is 2.69. The van der Waals surface area contributed by atoms with Crippen molar-refractivity contribution in [2.24, 2.45) is 46.3 Å². The molecule has 1 N–H and O–H groups in total. The summed E-state index contributed by atoms with van der Waals surface area (Å²) in [5.74, 6) is 3.15. The quantitative estimate of drug-likeness (QED) is 0.391. The summed E-state index contributed by atoms with van der Waals surface area (Å²) in [5.41, 5.74) is -1.16. The molecule has 4 rings (SSSR count). The van der Waals surface area contributed by atoms with Gasteiger partial charge in [0.05, 0.1) is 0 Å². The van der Waals surface area contributed by atoms with E-state index in [9.17, 15) is 14.7 Å². The molecule has 0 aliphatic heterocycles. The van der Waals surface area contributed by atoms with Crippen LogP contribution < -0.4 is 0 Å². The van der Waals surface area contributed by atoms with Gasteiger partial charge in [-0.2, -0.15) is 0 Å². The molecule has 5 heteroatoms. The van der Waals surface area contributed by atoms with Gasteiger partial charge in [0.15, 0.2) is 0 Å². The molecular weight excluding hydrogens is 452 g/mol. The summed E-state index contributed by atoms with van der Waals surface area (Å²) in [6, 6.07) is 0. The average molecular weight is 505 g/mol. The van der Waals surface area contributed by atoms with Crippen molar-refractivity contribution in [3.8, 4) is 0 Å². The first kappa shape index (κ1) is 27.9. The predicted octanol–water partition coefficient (Wildman–Crippen LogP) is 6.70. The topological polar surface area (TPSA) is 72.8 Å². The fraction of sp³-hybridized carbons (Fsp3) is 0.935. The molecule has 0 spiro atoms. The summed E-state index contributed by atoms with van der Waals surface area (Å²) in [6.07, 6.45) is 10.7. The molecule has 4 saturated carbocycles. The number of rotatable bonds is 7. The van der Waals surface area contributed by atoms with Crippen LogP contribution in [0, 0.1) is 46.3 Å². The van der Waals surface area contributed by atoms with Gasteiger partial charge in [0, 0.05) is 25.7 Å². The van der Waals surface area contributed by atoms with Crippen molar-refractivity contribution in [2.75, 3.05) is 0 Å². The summed E-state index contributed by atoms with van der Waals surface area (Å²) < 4.78 is 11.5. The lowest BCUT2D eigenvalue weighted by Gasteiger charge is -2.65. The normalized spacial score (nSPS) is 44.8. The van der Waals surface area contributed by atoms with E-state index < -0.39 is 11.7 Å². The molecule has 206 valence electrons. The average Bonchev–Trinajstić information content (AvgIpc) is 3.12. The molecule has 4 aliphatic carbocycles. The van der Waals surface area contributed by atoms with Crippen molar-refractivity contribution < 1.29 is 24.2 Å². The number of fused-ring (bicyclic) bond motifs is 5. The predicted molar refractivity (Wildman–Crippen MR) is 141 cm³/mol. The molecule has 5 nitrogen and oxygen atoms in total. The SMILES string of the molecule is CC(=O)O[C@@H]1CC[C@]2(C)[C@H]3CC[C@]4(C)[C@@H]([C@@H](C)CCCC(C)C)CC[C@H]4[C@@H]3C[C@@H](OC(C)=O)[C@@]2(O)C1. The lowest BCUT2D eigenvalue weighted by atomic mass is 9.42. The van der Waals surface area contributed by atoms with Crippen LogP contribution in [0.1, 0.15) is 119 Å². The number of ether oxygens (including phenoxy) is 2. The van der Waals surface area contributed by atoms with E-state index in [1.54, 1.807) is 0 Å². The Morgan fingerprint density at radius 1 is 0.917 bits per heavy atom. The second kappa shape index (κ2) is 10.2. The van der Waals surface area contributed by atoms with Gasteiger partial charge in [-0.05, 0) is 85.9 Å². The molecule has 0 unspecified atom stereocenters. The zero-order valence-corrected chi connectivity index (χ0v) is 24.0. The van der Waals surface area contributed by atoms with Gasteiger partial charge in [-0.1, -0.05) is 53.9 Å². The molecule has 4 aliphatic rings. The number of carbonyl (C=O) groups is 2. The van der Waals surface area contributed by atoms with Crippen LogP contribution in [0.25, 0.3) is 0 Å². The number of hydrogen-bond donors (Lipinski definition) is 1. The minimum absolute atomic E-state index is 0.308. The van der Waals surface area contributed by atoms with E-state index in [1.165, 1.54) is 52.4 Å². The second-order valence-corrected chi connectivity index (χ2v) is 14.1. The monoisotopic (exact) mass is 504 g/mol. The van der Waals surface area contributed by atoms with Crippen molar-refractivity contribution in [2.45, 2.75) is 137 Å². The van der Waals surface area contributed by atoms with Crippen LogP contribution in [0.15, 0.2) is 0 Å². The van der Waals surface area contributed by atoms with Gasteiger partial charge in [-0.15, -0.1) is 0 Å². The third kappa shape index (κ3) is 4.76.